The van der Waals surface area contributed by atoms with Crippen molar-refractivity contribution in [1.29, 1.82) is 0 Å². The molecule has 0 unspecified atom stereocenters. The molecule has 0 saturated carbocycles. The summed E-state index contributed by atoms with van der Waals surface area (Å²) in [7, 11) is 0. The van der Waals surface area contributed by atoms with Gasteiger partial charge in [-0.3, -0.25) is 14.2 Å². The third kappa shape index (κ3) is 2.84. The van der Waals surface area contributed by atoms with E-state index in [0.29, 0.717) is 45.0 Å². The average molecular weight is 323 g/mol. The minimum Gasteiger partial charge on any atom is -0.481 e. The van der Waals surface area contributed by atoms with Crippen LogP contribution < -0.4 is 11.2 Å². The van der Waals surface area contributed by atoms with Crippen LogP contribution in [0.1, 0.15) is 12.1 Å². The Labute approximate surface area is 132 Å². The number of carbonyl (C=O) groups is 1. The summed E-state index contributed by atoms with van der Waals surface area (Å²) >= 11 is 0. The van der Waals surface area contributed by atoms with Crippen LogP contribution in [0, 0.1) is 18.3 Å². The molecule has 0 amide bonds. The minimum atomic E-state index is -0.779. The molecule has 3 heterocycles. The fraction of sp³-hybridized carbons (Fsp3) is 0.667. The van der Waals surface area contributed by atoms with Gasteiger partial charge in [0.25, 0.3) is 5.56 Å². The predicted octanol–water partition coefficient (Wildman–Crippen LogP) is -0.732. The summed E-state index contributed by atoms with van der Waals surface area (Å²) in [5, 5.41) is 9.63. The van der Waals surface area contributed by atoms with Crippen molar-refractivity contribution in [3.8, 4) is 0 Å². The van der Waals surface area contributed by atoms with Gasteiger partial charge in [-0.15, -0.1) is 0 Å². The molecule has 2 fully saturated rings. The van der Waals surface area contributed by atoms with E-state index in [9.17, 15) is 19.5 Å². The first-order valence-electron chi connectivity index (χ1n) is 7.77. The smallest absolute Gasteiger partial charge is 0.328 e. The Morgan fingerprint density at radius 3 is 2.91 bits per heavy atom. The van der Waals surface area contributed by atoms with Crippen molar-refractivity contribution < 1.29 is 14.6 Å². The van der Waals surface area contributed by atoms with Crippen LogP contribution in [0.5, 0.6) is 0 Å². The number of H-pyrrole nitrogens is 1. The number of aromatic amines is 1. The van der Waals surface area contributed by atoms with Gasteiger partial charge >= 0.3 is 11.7 Å². The van der Waals surface area contributed by atoms with Crippen LogP contribution in [0.25, 0.3) is 0 Å². The highest BCUT2D eigenvalue weighted by Crippen LogP contribution is 2.42. The summed E-state index contributed by atoms with van der Waals surface area (Å²) in [6, 6.07) is 1.39. The third-order valence-corrected chi connectivity index (χ3v) is 5.00. The lowest BCUT2D eigenvalue weighted by Crippen LogP contribution is -2.45. The zero-order chi connectivity index (χ0) is 16.6. The fourth-order valence-electron chi connectivity index (χ4n) is 3.66. The second-order valence-electron chi connectivity index (χ2n) is 6.47. The number of carboxylic acid groups (broad SMARTS) is 1. The summed E-state index contributed by atoms with van der Waals surface area (Å²) in [4.78, 5) is 40.1. The first-order valence-corrected chi connectivity index (χ1v) is 7.77. The van der Waals surface area contributed by atoms with Crippen LogP contribution in [-0.4, -0.2) is 58.4 Å². The maximum Gasteiger partial charge on any atom is 0.328 e. The summed E-state index contributed by atoms with van der Waals surface area (Å²) in [5.74, 6) is -0.819. The summed E-state index contributed by atoms with van der Waals surface area (Å²) in [6.07, 6.45) is 0.508. The number of fused-ring (bicyclic) bond motifs is 1. The molecule has 2 aliphatic heterocycles. The van der Waals surface area contributed by atoms with Gasteiger partial charge in [0.1, 0.15) is 0 Å². The molecule has 8 heteroatoms. The Kier molecular flexibility index (Phi) is 4.11. The van der Waals surface area contributed by atoms with E-state index in [1.165, 1.54) is 6.07 Å². The second-order valence-corrected chi connectivity index (χ2v) is 6.47. The van der Waals surface area contributed by atoms with Crippen LogP contribution in [0.2, 0.25) is 0 Å². The molecule has 126 valence electrons. The van der Waals surface area contributed by atoms with E-state index in [1.807, 2.05) is 4.90 Å². The molecule has 0 radical (unpaired) electrons. The largest absolute Gasteiger partial charge is 0.481 e. The summed E-state index contributed by atoms with van der Waals surface area (Å²) < 4.78 is 6.57. The Hall–Kier alpha value is -1.93. The van der Waals surface area contributed by atoms with Gasteiger partial charge in [-0.05, 0) is 13.3 Å². The first kappa shape index (κ1) is 15.9. The summed E-state index contributed by atoms with van der Waals surface area (Å²) in [6.45, 7) is 4.35. The van der Waals surface area contributed by atoms with E-state index >= 15 is 0 Å². The van der Waals surface area contributed by atoms with Crippen molar-refractivity contribution in [2.75, 3.05) is 32.8 Å². The number of rotatable bonds is 4. The van der Waals surface area contributed by atoms with Crippen LogP contribution in [-0.2, 0) is 16.1 Å². The Morgan fingerprint density at radius 2 is 2.26 bits per heavy atom. The molecule has 0 bridgehead atoms. The van der Waals surface area contributed by atoms with Gasteiger partial charge in [-0.1, -0.05) is 0 Å². The molecule has 2 atom stereocenters. The van der Waals surface area contributed by atoms with Gasteiger partial charge < -0.3 is 19.7 Å². The Morgan fingerprint density at radius 1 is 1.48 bits per heavy atom. The molecule has 2 aliphatic rings. The molecule has 1 aromatic rings. The number of aryl methyl sites for hydroxylation is 1. The first-order chi connectivity index (χ1) is 10.9. The van der Waals surface area contributed by atoms with Crippen molar-refractivity contribution in [3.63, 3.8) is 0 Å². The molecule has 8 nitrogen and oxygen atoms in total. The van der Waals surface area contributed by atoms with E-state index in [1.54, 1.807) is 6.92 Å². The fourth-order valence-corrected chi connectivity index (χ4v) is 3.66. The predicted molar refractivity (Wildman–Crippen MR) is 81.5 cm³/mol. The number of aliphatic carboxylic acids is 1. The average Bonchev–Trinajstić information content (AvgIpc) is 2.85. The van der Waals surface area contributed by atoms with Gasteiger partial charge in [-0.25, -0.2) is 4.79 Å². The molecule has 0 aromatic carbocycles. The topological polar surface area (TPSA) is 105 Å². The number of hydrogen-bond acceptors (Lipinski definition) is 5. The van der Waals surface area contributed by atoms with E-state index in [0.717, 1.165) is 4.57 Å². The number of ether oxygens (including phenoxy) is 1. The molecular formula is C15H21N3O5. The maximum absolute atomic E-state index is 11.9. The van der Waals surface area contributed by atoms with E-state index in [4.69, 9.17) is 4.74 Å². The molecule has 0 aliphatic carbocycles. The van der Waals surface area contributed by atoms with Gasteiger partial charge in [-0.2, -0.15) is 0 Å². The number of nitrogens with zero attached hydrogens (tertiary/aromatic N) is 2. The molecule has 1 aromatic heterocycles. The minimum absolute atomic E-state index is 0.0400. The summed E-state index contributed by atoms with van der Waals surface area (Å²) in [5.41, 5.74) is -0.990. The molecule has 0 spiro atoms. The highest BCUT2D eigenvalue weighted by molar-refractivity contribution is 5.76. The van der Waals surface area contributed by atoms with Gasteiger partial charge in [0.2, 0.25) is 0 Å². The second kappa shape index (κ2) is 5.93. The molecule has 2 N–H and O–H groups in total. The number of aromatic nitrogens is 2. The van der Waals surface area contributed by atoms with Gasteiger partial charge in [0.05, 0.1) is 12.0 Å². The highest BCUT2D eigenvalue weighted by Gasteiger charge is 2.53. The van der Waals surface area contributed by atoms with Crippen molar-refractivity contribution >= 4 is 5.97 Å². The zero-order valence-corrected chi connectivity index (χ0v) is 13.1. The zero-order valence-electron chi connectivity index (χ0n) is 13.1. The van der Waals surface area contributed by atoms with Gasteiger partial charge in [0, 0.05) is 50.5 Å². The van der Waals surface area contributed by atoms with Crippen molar-refractivity contribution in [3.05, 3.63) is 32.6 Å². The van der Waals surface area contributed by atoms with Crippen LogP contribution in [0.4, 0.5) is 0 Å². The van der Waals surface area contributed by atoms with E-state index in [-0.39, 0.29) is 18.0 Å². The lowest BCUT2D eigenvalue weighted by atomic mass is 9.74. The normalized spacial score (nSPS) is 27.8. The molecule has 2 saturated heterocycles. The monoisotopic (exact) mass is 323 g/mol. The maximum atomic E-state index is 11.9. The van der Waals surface area contributed by atoms with Crippen LogP contribution in [0.3, 0.4) is 0 Å². The quantitative estimate of drug-likeness (QED) is 0.757. The lowest BCUT2D eigenvalue weighted by Gasteiger charge is -2.34. The van der Waals surface area contributed by atoms with Gasteiger partial charge in [0.15, 0.2) is 0 Å². The Bertz CT molecular complexity index is 693. The highest BCUT2D eigenvalue weighted by atomic mass is 16.5. The van der Waals surface area contributed by atoms with Crippen molar-refractivity contribution in [1.82, 2.24) is 14.5 Å². The van der Waals surface area contributed by atoms with E-state index < -0.39 is 17.1 Å². The lowest BCUT2D eigenvalue weighted by molar-refractivity contribution is -0.157. The third-order valence-electron chi connectivity index (χ3n) is 5.00. The standard InChI is InChI=1S/C15H21N3O5/c1-10-6-12(19)18(14(22)16-10)4-3-17-7-11-8-23-5-2-15(11,9-17)13(20)21/h6,11H,2-5,7-9H2,1H3,(H,16,22)(H,20,21)/t11-,15+/m1/s1. The van der Waals surface area contributed by atoms with Crippen molar-refractivity contribution in [2.24, 2.45) is 11.3 Å². The van der Waals surface area contributed by atoms with Crippen LogP contribution in [0.15, 0.2) is 15.7 Å². The molecule has 3 rings (SSSR count). The molecular weight excluding hydrogens is 302 g/mol. The number of carboxylic acids is 1. The molecule has 23 heavy (non-hydrogen) atoms. The number of likely N-dealkylation sites (tertiary alicyclic amines) is 1. The van der Waals surface area contributed by atoms with E-state index in [2.05, 4.69) is 4.98 Å². The van der Waals surface area contributed by atoms with Crippen molar-refractivity contribution in [2.45, 2.75) is 19.9 Å². The SMILES string of the molecule is Cc1cc(=O)n(CCN2C[C@@H]3COCC[C@]3(C(=O)O)C2)c(=O)[nH]1. The number of hydrogen-bond donors (Lipinski definition) is 2. The van der Waals surface area contributed by atoms with Crippen LogP contribution >= 0.6 is 0 Å². The Balaban J connectivity index is 1.72. The number of nitrogens with one attached hydrogen (secondary N) is 1.